The van der Waals surface area contributed by atoms with Gasteiger partial charge in [-0.05, 0) is 37.5 Å². The molecule has 1 unspecified atom stereocenters. The number of aliphatic carboxylic acids is 1. The smallest absolute Gasteiger partial charge is 0.307 e. The lowest BCUT2D eigenvalue weighted by Crippen LogP contribution is -2.44. The molecule has 1 saturated heterocycles. The van der Waals surface area contributed by atoms with Crippen molar-refractivity contribution in [1.82, 2.24) is 4.31 Å². The molecule has 0 radical (unpaired) electrons. The molecule has 2 rings (SSSR count). The van der Waals surface area contributed by atoms with Crippen molar-refractivity contribution in [3.8, 4) is 0 Å². The molecule has 116 valence electrons. The van der Waals surface area contributed by atoms with Gasteiger partial charge < -0.3 is 5.11 Å². The lowest BCUT2D eigenvalue weighted by Gasteiger charge is -2.30. The Kier molecular flexibility index (Phi) is 4.75. The summed E-state index contributed by atoms with van der Waals surface area (Å²) in [6.45, 7) is 2.12. The van der Waals surface area contributed by atoms with Gasteiger partial charge in [-0.3, -0.25) is 9.52 Å². The van der Waals surface area contributed by atoms with Gasteiger partial charge in [0.2, 0.25) is 0 Å². The van der Waals surface area contributed by atoms with E-state index in [0.717, 1.165) is 9.87 Å². The van der Waals surface area contributed by atoms with Crippen LogP contribution in [-0.2, 0) is 15.0 Å². The van der Waals surface area contributed by atoms with E-state index in [1.165, 1.54) is 0 Å². The highest BCUT2D eigenvalue weighted by Gasteiger charge is 2.32. The first-order chi connectivity index (χ1) is 9.79. The maximum absolute atomic E-state index is 12.3. The summed E-state index contributed by atoms with van der Waals surface area (Å²) in [6.07, 6.45) is 1.02. The second-order valence-electron chi connectivity index (χ2n) is 5.13. The highest BCUT2D eigenvalue weighted by molar-refractivity contribution is 7.90. The van der Waals surface area contributed by atoms with Gasteiger partial charge in [0.05, 0.1) is 16.6 Å². The molecular formula is C13H17ClN2O4S. The Morgan fingerprint density at radius 1 is 1.48 bits per heavy atom. The first-order valence-corrected chi connectivity index (χ1v) is 8.38. The number of carbonyl (C=O) groups is 1. The molecule has 0 aromatic heterocycles. The van der Waals surface area contributed by atoms with Crippen molar-refractivity contribution < 1.29 is 18.3 Å². The van der Waals surface area contributed by atoms with Crippen LogP contribution < -0.4 is 4.72 Å². The van der Waals surface area contributed by atoms with Gasteiger partial charge in [-0.25, -0.2) is 0 Å². The zero-order valence-electron chi connectivity index (χ0n) is 11.5. The minimum absolute atomic E-state index is 0.0197. The fourth-order valence-corrected chi connectivity index (χ4v) is 3.83. The van der Waals surface area contributed by atoms with Crippen LogP contribution >= 0.6 is 11.6 Å². The van der Waals surface area contributed by atoms with Gasteiger partial charge in [-0.2, -0.15) is 12.7 Å². The van der Waals surface area contributed by atoms with Crippen LogP contribution in [0.15, 0.2) is 18.2 Å². The van der Waals surface area contributed by atoms with Gasteiger partial charge in [0, 0.05) is 13.1 Å². The van der Waals surface area contributed by atoms with Gasteiger partial charge in [-0.15, -0.1) is 0 Å². The first-order valence-electron chi connectivity index (χ1n) is 6.56. The number of nitrogens with one attached hydrogen (secondary N) is 1. The number of halogens is 1. The molecule has 1 aromatic rings. The molecule has 0 aliphatic carbocycles. The summed E-state index contributed by atoms with van der Waals surface area (Å²) in [5.74, 6) is -1.63. The number of rotatable bonds is 4. The Balaban J connectivity index is 2.18. The van der Waals surface area contributed by atoms with Crippen molar-refractivity contribution in [3.63, 3.8) is 0 Å². The van der Waals surface area contributed by atoms with E-state index >= 15 is 0 Å². The number of nitrogens with zero attached hydrogens (tertiary/aromatic N) is 1. The molecule has 0 spiro atoms. The minimum Gasteiger partial charge on any atom is -0.481 e. The topological polar surface area (TPSA) is 86.7 Å². The van der Waals surface area contributed by atoms with Crippen LogP contribution in [0.1, 0.15) is 18.4 Å². The van der Waals surface area contributed by atoms with Crippen LogP contribution in [0, 0.1) is 12.8 Å². The van der Waals surface area contributed by atoms with E-state index in [2.05, 4.69) is 4.72 Å². The maximum Gasteiger partial charge on any atom is 0.307 e. The third-order valence-electron chi connectivity index (χ3n) is 3.43. The summed E-state index contributed by atoms with van der Waals surface area (Å²) >= 11 is 5.98. The fourth-order valence-electron chi connectivity index (χ4n) is 2.28. The van der Waals surface area contributed by atoms with Crippen LogP contribution in [0.2, 0.25) is 5.02 Å². The normalized spacial score (nSPS) is 20.2. The van der Waals surface area contributed by atoms with Crippen molar-refractivity contribution >= 4 is 33.5 Å². The average Bonchev–Trinajstić information content (AvgIpc) is 2.43. The van der Waals surface area contributed by atoms with Crippen molar-refractivity contribution in [2.24, 2.45) is 5.92 Å². The second-order valence-corrected chi connectivity index (χ2v) is 7.20. The molecule has 0 saturated carbocycles. The third kappa shape index (κ3) is 3.87. The molecular weight excluding hydrogens is 316 g/mol. The van der Waals surface area contributed by atoms with Crippen LogP contribution in [0.4, 0.5) is 5.69 Å². The molecule has 1 aliphatic rings. The van der Waals surface area contributed by atoms with Gasteiger partial charge in [0.1, 0.15) is 0 Å². The zero-order chi connectivity index (χ0) is 15.6. The summed E-state index contributed by atoms with van der Waals surface area (Å²) in [5, 5.41) is 9.33. The second kappa shape index (κ2) is 6.21. The molecule has 1 atom stereocenters. The van der Waals surface area contributed by atoms with E-state index in [-0.39, 0.29) is 6.54 Å². The van der Waals surface area contributed by atoms with E-state index in [0.29, 0.717) is 30.1 Å². The molecule has 0 amide bonds. The van der Waals surface area contributed by atoms with Crippen LogP contribution in [0.5, 0.6) is 0 Å². The Morgan fingerprint density at radius 2 is 2.19 bits per heavy atom. The predicted molar refractivity (Wildman–Crippen MR) is 80.7 cm³/mol. The molecule has 1 aliphatic heterocycles. The molecule has 1 heterocycles. The number of benzene rings is 1. The number of carboxylic acid groups (broad SMARTS) is 1. The monoisotopic (exact) mass is 332 g/mol. The Bertz CT molecular complexity index is 648. The quantitative estimate of drug-likeness (QED) is 0.884. The largest absolute Gasteiger partial charge is 0.481 e. The van der Waals surface area contributed by atoms with Crippen LogP contribution in [-0.4, -0.2) is 36.9 Å². The summed E-state index contributed by atoms with van der Waals surface area (Å²) in [5.41, 5.74) is 1.17. The number of piperidine rings is 1. The highest BCUT2D eigenvalue weighted by Crippen LogP contribution is 2.26. The lowest BCUT2D eigenvalue weighted by molar-refractivity contribution is -0.142. The summed E-state index contributed by atoms with van der Waals surface area (Å²) in [6, 6.07) is 5.03. The molecule has 1 fully saturated rings. The molecule has 0 bridgehead atoms. The molecule has 8 heteroatoms. The number of carboxylic acids is 1. The summed E-state index contributed by atoms with van der Waals surface area (Å²) < 4.78 is 28.3. The standard InChI is InChI=1S/C13H17ClN2O4S/c1-9-4-5-11(14)12(7-9)15-21(19,20)16-6-2-3-10(8-16)13(17)18/h4-5,7,10,15H,2-3,6,8H2,1H3,(H,17,18). The number of anilines is 1. The molecule has 1 aromatic carbocycles. The lowest BCUT2D eigenvalue weighted by atomic mass is 10.0. The summed E-state index contributed by atoms with van der Waals surface area (Å²) in [7, 11) is -3.81. The average molecular weight is 333 g/mol. The van der Waals surface area contributed by atoms with Crippen LogP contribution in [0.3, 0.4) is 0 Å². The first kappa shape index (κ1) is 16.1. The van der Waals surface area contributed by atoms with Crippen molar-refractivity contribution in [2.75, 3.05) is 17.8 Å². The third-order valence-corrected chi connectivity index (χ3v) is 5.25. The Hall–Kier alpha value is -1.31. The molecule has 21 heavy (non-hydrogen) atoms. The van der Waals surface area contributed by atoms with E-state index in [9.17, 15) is 13.2 Å². The number of hydrogen-bond acceptors (Lipinski definition) is 3. The van der Waals surface area contributed by atoms with E-state index in [1.54, 1.807) is 18.2 Å². The van der Waals surface area contributed by atoms with Gasteiger partial charge in [0.25, 0.3) is 0 Å². The fraction of sp³-hybridized carbons (Fsp3) is 0.462. The van der Waals surface area contributed by atoms with Gasteiger partial charge in [-0.1, -0.05) is 17.7 Å². The predicted octanol–water partition coefficient (Wildman–Crippen LogP) is 2.10. The van der Waals surface area contributed by atoms with Crippen molar-refractivity contribution in [2.45, 2.75) is 19.8 Å². The van der Waals surface area contributed by atoms with Crippen molar-refractivity contribution in [3.05, 3.63) is 28.8 Å². The number of aryl methyl sites for hydroxylation is 1. The Labute approximate surface area is 128 Å². The van der Waals surface area contributed by atoms with Gasteiger partial charge in [0.15, 0.2) is 0 Å². The van der Waals surface area contributed by atoms with E-state index in [1.807, 2.05) is 6.92 Å². The number of hydrogen-bond donors (Lipinski definition) is 2. The van der Waals surface area contributed by atoms with E-state index < -0.39 is 22.1 Å². The zero-order valence-corrected chi connectivity index (χ0v) is 13.1. The van der Waals surface area contributed by atoms with Crippen molar-refractivity contribution in [1.29, 1.82) is 0 Å². The minimum atomic E-state index is -3.81. The highest BCUT2D eigenvalue weighted by atomic mass is 35.5. The molecule has 2 N–H and O–H groups in total. The molecule has 6 nitrogen and oxygen atoms in total. The van der Waals surface area contributed by atoms with Gasteiger partial charge >= 0.3 is 16.2 Å². The van der Waals surface area contributed by atoms with Crippen LogP contribution in [0.25, 0.3) is 0 Å². The summed E-state index contributed by atoms with van der Waals surface area (Å²) in [4.78, 5) is 11.0. The SMILES string of the molecule is Cc1ccc(Cl)c(NS(=O)(=O)N2CCCC(C(=O)O)C2)c1. The van der Waals surface area contributed by atoms with E-state index in [4.69, 9.17) is 16.7 Å². The maximum atomic E-state index is 12.3. The Morgan fingerprint density at radius 3 is 2.86 bits per heavy atom.